The van der Waals surface area contributed by atoms with E-state index < -0.39 is 29.4 Å². The number of nitrogens with zero attached hydrogens (tertiary/aromatic N) is 9. The van der Waals surface area contributed by atoms with Crippen LogP contribution in [0.1, 0.15) is 105 Å². The first-order valence-corrected chi connectivity index (χ1v) is 23.0. The fourth-order valence-corrected chi connectivity index (χ4v) is 10.6. The van der Waals surface area contributed by atoms with Crippen molar-refractivity contribution in [2.24, 2.45) is 5.92 Å². The molecule has 17 nitrogen and oxygen atoms in total. The Kier molecular flexibility index (Phi) is 13.6. The summed E-state index contributed by atoms with van der Waals surface area (Å²) in [6.07, 6.45) is 6.23. The number of fused-ring (bicyclic) bond motifs is 1. The maximum atomic E-state index is 14.0. The van der Waals surface area contributed by atoms with Crippen molar-refractivity contribution in [3.8, 4) is 23.6 Å². The second-order valence-corrected chi connectivity index (χ2v) is 18.8. The zero-order valence-corrected chi connectivity index (χ0v) is 37.6. The minimum Gasteiger partial charge on any atom is -0.476 e. The molecule has 2 aliphatic heterocycles. The molecule has 64 heavy (non-hydrogen) atoms. The second-order valence-electron chi connectivity index (χ2n) is 17.6. The van der Waals surface area contributed by atoms with Crippen LogP contribution in [0.5, 0.6) is 5.88 Å². The zero-order valence-electron chi connectivity index (χ0n) is 36.8. The van der Waals surface area contributed by atoms with Crippen molar-refractivity contribution in [3.63, 3.8) is 0 Å². The molecule has 2 fully saturated rings. The highest BCUT2D eigenvalue weighted by atomic mass is 32.1. The first-order chi connectivity index (χ1) is 30.9. The van der Waals surface area contributed by atoms with Crippen LogP contribution < -0.4 is 15.4 Å². The number of amides is 1. The number of aryl methyl sites for hydroxylation is 1. The molecule has 5 aromatic rings. The number of ether oxygens (including phenoxy) is 2. The molecule has 0 radical (unpaired) electrons. The van der Waals surface area contributed by atoms with Crippen LogP contribution in [0.4, 0.5) is 10.8 Å². The van der Waals surface area contributed by atoms with Gasteiger partial charge in [0.15, 0.2) is 5.76 Å². The van der Waals surface area contributed by atoms with E-state index >= 15 is 0 Å². The Morgan fingerprint density at radius 3 is 2.70 bits per heavy atom. The fourth-order valence-electron chi connectivity index (χ4n) is 9.38. The molecule has 2 saturated heterocycles. The highest BCUT2D eigenvalue weighted by molar-refractivity contribution is 7.16. The molecule has 5 atom stereocenters. The van der Waals surface area contributed by atoms with Crippen molar-refractivity contribution < 1.29 is 33.2 Å². The maximum Gasteiger partial charge on any atom is 0.329 e. The number of esters is 1. The number of β-amino-alcohol motifs (C(OH)–C–C–N with tert-alkyl or cyclic N) is 1. The summed E-state index contributed by atoms with van der Waals surface area (Å²) in [5, 5.41) is 29.3. The SMILES string of the molecule is CC(C)C(C(=O)N1C[C@H](O)C[C@H]1C(=O)OCc1ccccc1)c1cc(OCCCCN2CCCN(c3ccnc(-c4noc([C@@]5(C)CCCc6sc(N)c(C#N)c65)n4)n3)[C@@H](C)C2)no1. The summed E-state index contributed by atoms with van der Waals surface area (Å²) in [5.74, 6) is 0.790. The van der Waals surface area contributed by atoms with Crippen LogP contribution in [0.25, 0.3) is 11.6 Å². The van der Waals surface area contributed by atoms with Gasteiger partial charge in [-0.05, 0) is 88.2 Å². The number of nitriles is 1. The van der Waals surface area contributed by atoms with Gasteiger partial charge in [-0.25, -0.2) is 14.8 Å². The van der Waals surface area contributed by atoms with E-state index in [0.717, 1.165) is 86.5 Å². The second kappa shape index (κ2) is 19.5. The lowest BCUT2D eigenvalue weighted by molar-refractivity contribution is -0.155. The summed E-state index contributed by atoms with van der Waals surface area (Å²) in [6.45, 7) is 12.1. The van der Waals surface area contributed by atoms with E-state index in [0.29, 0.717) is 46.4 Å². The number of hydrogen-bond donors (Lipinski definition) is 2. The summed E-state index contributed by atoms with van der Waals surface area (Å²) in [7, 11) is 0. The summed E-state index contributed by atoms with van der Waals surface area (Å²) >= 11 is 1.47. The number of aliphatic hydroxyl groups excluding tert-OH is 1. The molecule has 18 heteroatoms. The molecule has 3 aliphatic rings. The van der Waals surface area contributed by atoms with E-state index in [1.165, 1.54) is 16.2 Å². The molecule has 6 heterocycles. The molecule has 0 spiro atoms. The zero-order chi connectivity index (χ0) is 45.0. The van der Waals surface area contributed by atoms with E-state index in [9.17, 15) is 20.0 Å². The number of unbranched alkanes of at least 4 members (excludes halogenated alkanes) is 1. The van der Waals surface area contributed by atoms with Crippen molar-refractivity contribution in [2.75, 3.05) is 50.0 Å². The Hall–Kier alpha value is -5.90. The third-order valence-electron chi connectivity index (χ3n) is 12.6. The monoisotopic (exact) mass is 892 g/mol. The molecule has 1 aliphatic carbocycles. The minimum absolute atomic E-state index is 0.0309. The molecule has 1 amide bonds. The van der Waals surface area contributed by atoms with Gasteiger partial charge in [-0.3, -0.25) is 4.79 Å². The predicted octanol–water partition coefficient (Wildman–Crippen LogP) is 5.88. The third kappa shape index (κ3) is 9.47. The number of aromatic nitrogens is 5. The van der Waals surface area contributed by atoms with Crippen molar-refractivity contribution in [3.05, 3.63) is 81.9 Å². The Balaban J connectivity index is 0.817. The summed E-state index contributed by atoms with van der Waals surface area (Å²) in [6, 6.07) is 14.5. The van der Waals surface area contributed by atoms with Crippen LogP contribution in [-0.4, -0.2) is 110 Å². The number of aliphatic hydroxyl groups is 1. The van der Waals surface area contributed by atoms with E-state index in [1.54, 1.807) is 12.3 Å². The van der Waals surface area contributed by atoms with Gasteiger partial charge in [0.25, 0.3) is 5.88 Å². The van der Waals surface area contributed by atoms with Crippen molar-refractivity contribution >= 4 is 34.0 Å². The van der Waals surface area contributed by atoms with E-state index in [1.807, 2.05) is 57.2 Å². The lowest BCUT2D eigenvalue weighted by Gasteiger charge is -2.30. The quantitative estimate of drug-likeness (QED) is 0.0925. The first-order valence-electron chi connectivity index (χ1n) is 22.2. The van der Waals surface area contributed by atoms with Crippen molar-refractivity contribution in [2.45, 2.75) is 109 Å². The van der Waals surface area contributed by atoms with Gasteiger partial charge in [-0.1, -0.05) is 49.3 Å². The molecule has 4 aromatic heterocycles. The number of rotatable bonds is 15. The Labute approximate surface area is 376 Å². The molecule has 0 bridgehead atoms. The normalized spacial score (nSPS) is 21.9. The predicted molar refractivity (Wildman–Crippen MR) is 237 cm³/mol. The molecule has 0 saturated carbocycles. The van der Waals surface area contributed by atoms with Gasteiger partial charge in [0.2, 0.25) is 23.4 Å². The van der Waals surface area contributed by atoms with E-state index in [2.05, 4.69) is 38.1 Å². The topological polar surface area (TPSA) is 223 Å². The first kappa shape index (κ1) is 44.7. The molecule has 3 N–H and O–H groups in total. The number of nitrogen functional groups attached to an aromatic ring is 1. The van der Waals surface area contributed by atoms with Crippen LogP contribution >= 0.6 is 11.3 Å². The van der Waals surface area contributed by atoms with Gasteiger partial charge in [-0.2, -0.15) is 10.2 Å². The summed E-state index contributed by atoms with van der Waals surface area (Å²) in [4.78, 5) is 48.6. The maximum absolute atomic E-state index is 14.0. The number of carbonyl (C=O) groups is 2. The Morgan fingerprint density at radius 1 is 1.08 bits per heavy atom. The number of likely N-dealkylation sites (tertiary alicyclic amines) is 1. The highest BCUT2D eigenvalue weighted by Gasteiger charge is 2.45. The van der Waals surface area contributed by atoms with Crippen LogP contribution in [0, 0.1) is 17.2 Å². The number of hydrogen-bond acceptors (Lipinski definition) is 17. The van der Waals surface area contributed by atoms with Crippen LogP contribution in [-0.2, 0) is 32.8 Å². The van der Waals surface area contributed by atoms with Gasteiger partial charge in [0.1, 0.15) is 35.5 Å². The molecule has 8 rings (SSSR count). The number of benzene rings is 1. The smallest absolute Gasteiger partial charge is 0.329 e. The van der Waals surface area contributed by atoms with Crippen molar-refractivity contribution in [1.29, 1.82) is 5.26 Å². The number of thiophene rings is 1. The van der Waals surface area contributed by atoms with E-state index in [4.69, 9.17) is 34.2 Å². The molecule has 1 aromatic carbocycles. The lowest BCUT2D eigenvalue weighted by atomic mass is 9.72. The standard InChI is InChI=1S/C46H56N10O7S/c1-28(2)38(43(58)56-26-31(57)22-33(56)44(59)61-27-30-12-6-5-7-13-30)34-23-37(52-62-34)60-21-9-8-18-54-19-11-20-55(29(3)25-54)36-15-17-49-41(50-36)42-51-45(63-53-42)46(4)16-10-14-35-39(46)32(24-47)40(48)64-35/h5-7,12-13,15,17,23,28-29,31,33,38,57H,8-11,14,16,18-22,25-27,48H2,1-4H3/t29-,31+,33-,38?,46-/m0/s1. The average molecular weight is 893 g/mol. The van der Waals surface area contributed by atoms with Crippen molar-refractivity contribution in [1.82, 2.24) is 35.1 Å². The van der Waals surface area contributed by atoms with Gasteiger partial charge >= 0.3 is 5.97 Å². The van der Waals surface area contributed by atoms with E-state index in [-0.39, 0.29) is 37.4 Å². The van der Waals surface area contributed by atoms with Gasteiger partial charge in [0.05, 0.1) is 23.7 Å². The number of carbonyl (C=O) groups excluding carboxylic acids is 2. The van der Waals surface area contributed by atoms with Crippen LogP contribution in [0.15, 0.2) is 57.7 Å². The number of anilines is 2. The average Bonchev–Trinajstić information content (AvgIpc) is 4.09. The molecule has 1 unspecified atom stereocenters. The van der Waals surface area contributed by atoms with Gasteiger partial charge in [0, 0.05) is 54.8 Å². The lowest BCUT2D eigenvalue weighted by Crippen LogP contribution is -2.44. The molecular formula is C46H56N10O7S. The Bertz CT molecular complexity index is 2450. The van der Waals surface area contributed by atoms with Crippen LogP contribution in [0.3, 0.4) is 0 Å². The van der Waals surface area contributed by atoms with Gasteiger partial charge < -0.3 is 44.1 Å². The highest BCUT2D eigenvalue weighted by Crippen LogP contribution is 2.48. The fraction of sp³-hybridized carbons (Fsp3) is 0.522. The van der Waals surface area contributed by atoms with Crippen LogP contribution in [0.2, 0.25) is 0 Å². The largest absolute Gasteiger partial charge is 0.476 e. The number of nitrogens with two attached hydrogens (primary N) is 1. The minimum atomic E-state index is -0.896. The van der Waals surface area contributed by atoms with Gasteiger partial charge in [-0.15, -0.1) is 11.3 Å². The Morgan fingerprint density at radius 2 is 1.91 bits per heavy atom. The summed E-state index contributed by atoms with van der Waals surface area (Å²) in [5.41, 5.74) is 7.84. The molecular weight excluding hydrogens is 837 g/mol. The summed E-state index contributed by atoms with van der Waals surface area (Å²) < 4.78 is 23.1. The molecule has 338 valence electrons. The third-order valence-corrected chi connectivity index (χ3v) is 13.7.